The molecule has 1 N–H and O–H groups in total. The molecule has 1 aliphatic rings. The molecule has 1 saturated heterocycles. The van der Waals surface area contributed by atoms with Gasteiger partial charge in [0, 0.05) is 19.6 Å². The van der Waals surface area contributed by atoms with Crippen molar-refractivity contribution < 1.29 is 19.5 Å². The first kappa shape index (κ1) is 14.7. The van der Waals surface area contributed by atoms with Crippen LogP contribution in [0.15, 0.2) is 6.20 Å². The standard InChI is InChI=1S/C12H19N3O5/c1-9-7-10(3-6-19-9)14-8-11(15(17)18)12(13-14)20-5-2-4-16/h8-10,16H,2-7H2,1H3/t9-,10-/m0/s1. The summed E-state index contributed by atoms with van der Waals surface area (Å²) in [5.41, 5.74) is -0.137. The molecular formula is C12H19N3O5. The van der Waals surface area contributed by atoms with Crippen LogP contribution in [0.25, 0.3) is 0 Å². The van der Waals surface area contributed by atoms with Crippen LogP contribution in [0, 0.1) is 10.1 Å². The summed E-state index contributed by atoms with van der Waals surface area (Å²) in [6.07, 6.45) is 3.50. The van der Waals surface area contributed by atoms with Gasteiger partial charge >= 0.3 is 11.6 Å². The van der Waals surface area contributed by atoms with Crippen LogP contribution in [0.5, 0.6) is 5.88 Å². The molecule has 1 aromatic heterocycles. The molecule has 1 fully saturated rings. The highest BCUT2D eigenvalue weighted by Crippen LogP contribution is 2.31. The maximum Gasteiger partial charge on any atom is 0.350 e. The highest BCUT2D eigenvalue weighted by molar-refractivity contribution is 5.38. The van der Waals surface area contributed by atoms with Crippen LogP contribution in [0.1, 0.15) is 32.2 Å². The summed E-state index contributed by atoms with van der Waals surface area (Å²) in [7, 11) is 0. The second-order valence-electron chi connectivity index (χ2n) is 4.84. The van der Waals surface area contributed by atoms with Gasteiger partial charge in [0.15, 0.2) is 0 Å². The smallest absolute Gasteiger partial charge is 0.350 e. The minimum atomic E-state index is -0.499. The summed E-state index contributed by atoms with van der Waals surface area (Å²) in [5, 5.41) is 23.9. The van der Waals surface area contributed by atoms with Crippen LogP contribution >= 0.6 is 0 Å². The summed E-state index contributed by atoms with van der Waals surface area (Å²) in [5.74, 6) is 0.0163. The topological polar surface area (TPSA) is 99.7 Å². The third-order valence-electron chi connectivity index (χ3n) is 3.25. The van der Waals surface area contributed by atoms with Gasteiger partial charge in [-0.2, -0.15) is 0 Å². The monoisotopic (exact) mass is 285 g/mol. The molecule has 20 heavy (non-hydrogen) atoms. The lowest BCUT2D eigenvalue weighted by molar-refractivity contribution is -0.386. The van der Waals surface area contributed by atoms with Gasteiger partial charge in [-0.15, -0.1) is 5.10 Å². The Morgan fingerprint density at radius 2 is 2.50 bits per heavy atom. The van der Waals surface area contributed by atoms with Crippen LogP contribution in [0.3, 0.4) is 0 Å². The fraction of sp³-hybridized carbons (Fsp3) is 0.750. The van der Waals surface area contributed by atoms with Gasteiger partial charge in [-0.1, -0.05) is 0 Å². The van der Waals surface area contributed by atoms with E-state index in [2.05, 4.69) is 5.10 Å². The molecule has 2 atom stereocenters. The molecule has 0 radical (unpaired) electrons. The number of aliphatic hydroxyl groups excluding tert-OH is 1. The first-order valence-corrected chi connectivity index (χ1v) is 6.70. The van der Waals surface area contributed by atoms with Crippen molar-refractivity contribution in [1.82, 2.24) is 9.78 Å². The maximum atomic E-state index is 11.0. The molecular weight excluding hydrogens is 266 g/mol. The molecule has 0 spiro atoms. The van der Waals surface area contributed by atoms with Crippen molar-refractivity contribution in [3.63, 3.8) is 0 Å². The van der Waals surface area contributed by atoms with E-state index in [0.717, 1.165) is 12.8 Å². The third-order valence-corrected chi connectivity index (χ3v) is 3.25. The lowest BCUT2D eigenvalue weighted by Crippen LogP contribution is -2.25. The summed E-state index contributed by atoms with van der Waals surface area (Å²) < 4.78 is 12.3. The van der Waals surface area contributed by atoms with Gasteiger partial charge in [0.2, 0.25) is 0 Å². The Balaban J connectivity index is 2.13. The van der Waals surface area contributed by atoms with Crippen molar-refractivity contribution in [2.24, 2.45) is 0 Å². The minimum Gasteiger partial charge on any atom is -0.472 e. The Hall–Kier alpha value is -1.67. The molecule has 0 bridgehead atoms. The number of hydrogen-bond acceptors (Lipinski definition) is 6. The molecule has 2 rings (SSSR count). The van der Waals surface area contributed by atoms with E-state index < -0.39 is 4.92 Å². The third kappa shape index (κ3) is 3.45. The van der Waals surface area contributed by atoms with E-state index >= 15 is 0 Å². The molecule has 1 aliphatic heterocycles. The van der Waals surface area contributed by atoms with Crippen molar-refractivity contribution >= 4 is 5.69 Å². The number of hydrogen-bond donors (Lipinski definition) is 1. The van der Waals surface area contributed by atoms with Crippen LogP contribution < -0.4 is 4.74 Å². The lowest BCUT2D eigenvalue weighted by Gasteiger charge is -2.27. The minimum absolute atomic E-state index is 0.0163. The molecule has 8 nitrogen and oxygen atoms in total. The predicted octanol–water partition coefficient (Wildman–Crippen LogP) is 1.29. The molecule has 1 aromatic rings. The molecule has 2 heterocycles. The second-order valence-corrected chi connectivity index (χ2v) is 4.84. The van der Waals surface area contributed by atoms with E-state index in [1.54, 1.807) is 4.68 Å². The van der Waals surface area contributed by atoms with Crippen molar-refractivity contribution in [3.8, 4) is 5.88 Å². The Morgan fingerprint density at radius 1 is 1.70 bits per heavy atom. The van der Waals surface area contributed by atoms with E-state index in [1.165, 1.54) is 6.20 Å². The van der Waals surface area contributed by atoms with Crippen LogP contribution in [0.4, 0.5) is 5.69 Å². The van der Waals surface area contributed by atoms with E-state index in [4.69, 9.17) is 14.6 Å². The second kappa shape index (κ2) is 6.67. The highest BCUT2D eigenvalue weighted by Gasteiger charge is 2.27. The van der Waals surface area contributed by atoms with E-state index in [9.17, 15) is 10.1 Å². The zero-order chi connectivity index (χ0) is 14.5. The largest absolute Gasteiger partial charge is 0.472 e. The predicted molar refractivity (Wildman–Crippen MR) is 69.8 cm³/mol. The number of ether oxygens (including phenoxy) is 2. The van der Waals surface area contributed by atoms with Gasteiger partial charge in [0.1, 0.15) is 6.20 Å². The molecule has 0 saturated carbocycles. The molecule has 0 aromatic carbocycles. The highest BCUT2D eigenvalue weighted by atomic mass is 16.6. The Bertz CT molecular complexity index is 462. The van der Waals surface area contributed by atoms with Gasteiger partial charge in [-0.25, -0.2) is 0 Å². The summed E-state index contributed by atoms with van der Waals surface area (Å²) in [6.45, 7) is 2.79. The zero-order valence-corrected chi connectivity index (χ0v) is 11.4. The molecule has 112 valence electrons. The van der Waals surface area contributed by atoms with Gasteiger partial charge in [-0.3, -0.25) is 14.8 Å². The maximum absolute atomic E-state index is 11.0. The van der Waals surface area contributed by atoms with E-state index in [1.807, 2.05) is 6.92 Å². The number of aliphatic hydroxyl groups is 1. The summed E-state index contributed by atoms with van der Waals surface area (Å²) >= 11 is 0. The molecule has 0 aliphatic carbocycles. The Labute approximate surface area is 116 Å². The SMILES string of the molecule is C[C@H]1C[C@@H](n2cc([N+](=O)[O-])c(OCCCO)n2)CCO1. The van der Waals surface area contributed by atoms with Crippen molar-refractivity contribution in [3.05, 3.63) is 16.3 Å². The number of rotatable bonds is 6. The van der Waals surface area contributed by atoms with Crippen LogP contribution in [0.2, 0.25) is 0 Å². The Kier molecular flexibility index (Phi) is 4.91. The van der Waals surface area contributed by atoms with Gasteiger partial charge in [0.25, 0.3) is 0 Å². The van der Waals surface area contributed by atoms with Crippen LogP contribution in [-0.4, -0.2) is 45.7 Å². The summed E-state index contributed by atoms with van der Waals surface area (Å²) in [4.78, 5) is 10.5. The van der Waals surface area contributed by atoms with Crippen molar-refractivity contribution in [2.45, 2.75) is 38.3 Å². The average molecular weight is 285 g/mol. The molecule has 8 heteroatoms. The van der Waals surface area contributed by atoms with Gasteiger partial charge < -0.3 is 14.6 Å². The van der Waals surface area contributed by atoms with E-state index in [-0.39, 0.29) is 36.9 Å². The lowest BCUT2D eigenvalue weighted by atomic mass is 10.1. The molecule has 0 amide bonds. The van der Waals surface area contributed by atoms with Crippen molar-refractivity contribution in [2.75, 3.05) is 19.8 Å². The van der Waals surface area contributed by atoms with Gasteiger partial charge in [-0.05, 0) is 19.8 Å². The first-order valence-electron chi connectivity index (χ1n) is 6.70. The Morgan fingerprint density at radius 3 is 3.15 bits per heavy atom. The molecule has 0 unspecified atom stereocenters. The first-order chi connectivity index (χ1) is 9.61. The van der Waals surface area contributed by atoms with Gasteiger partial charge in [0.05, 0.1) is 23.7 Å². The quantitative estimate of drug-likeness (QED) is 0.480. The fourth-order valence-electron chi connectivity index (χ4n) is 2.23. The van der Waals surface area contributed by atoms with Crippen LogP contribution in [-0.2, 0) is 4.74 Å². The van der Waals surface area contributed by atoms with Crippen molar-refractivity contribution in [1.29, 1.82) is 0 Å². The zero-order valence-electron chi connectivity index (χ0n) is 11.4. The summed E-state index contributed by atoms with van der Waals surface area (Å²) in [6, 6.07) is 0.0904. The fourth-order valence-corrected chi connectivity index (χ4v) is 2.23. The number of nitrogens with zero attached hydrogens (tertiary/aromatic N) is 3. The van der Waals surface area contributed by atoms with E-state index in [0.29, 0.717) is 13.0 Å². The number of nitro groups is 1. The average Bonchev–Trinajstić information content (AvgIpc) is 2.83. The normalized spacial score (nSPS) is 22.7. The number of aromatic nitrogens is 2.